The SMILES string of the molecule is Cc1ccccc1Oc1nc(N)nc2c1CCc1ccccc1-2. The molecule has 2 aromatic carbocycles. The molecule has 0 saturated heterocycles. The second-order valence-corrected chi connectivity index (χ2v) is 5.74. The molecule has 23 heavy (non-hydrogen) atoms. The van der Waals surface area contributed by atoms with E-state index in [1.54, 1.807) is 0 Å². The molecule has 4 nitrogen and oxygen atoms in total. The van der Waals surface area contributed by atoms with Gasteiger partial charge in [0.05, 0.1) is 5.69 Å². The lowest BCUT2D eigenvalue weighted by atomic mass is 9.89. The molecule has 1 aliphatic rings. The lowest BCUT2D eigenvalue weighted by Gasteiger charge is -2.21. The van der Waals surface area contributed by atoms with E-state index < -0.39 is 0 Å². The minimum Gasteiger partial charge on any atom is -0.438 e. The van der Waals surface area contributed by atoms with Crippen LogP contribution in [0.15, 0.2) is 48.5 Å². The zero-order valence-corrected chi connectivity index (χ0v) is 12.9. The van der Waals surface area contributed by atoms with Gasteiger partial charge in [-0.15, -0.1) is 0 Å². The number of ether oxygens (including phenoxy) is 1. The summed E-state index contributed by atoms with van der Waals surface area (Å²) in [5.41, 5.74) is 11.3. The minimum atomic E-state index is 0.240. The van der Waals surface area contributed by atoms with Crippen molar-refractivity contribution in [3.8, 4) is 22.9 Å². The summed E-state index contributed by atoms with van der Waals surface area (Å²) in [6.07, 6.45) is 1.81. The fourth-order valence-electron chi connectivity index (χ4n) is 3.02. The number of benzene rings is 2. The Morgan fingerprint density at radius 3 is 2.61 bits per heavy atom. The minimum absolute atomic E-state index is 0.240. The van der Waals surface area contributed by atoms with Gasteiger partial charge in [-0.1, -0.05) is 42.5 Å². The summed E-state index contributed by atoms with van der Waals surface area (Å²) >= 11 is 0. The third kappa shape index (κ3) is 2.42. The van der Waals surface area contributed by atoms with Crippen molar-refractivity contribution in [2.45, 2.75) is 19.8 Å². The van der Waals surface area contributed by atoms with E-state index in [0.29, 0.717) is 5.88 Å². The number of nitrogen functional groups attached to an aromatic ring is 1. The van der Waals surface area contributed by atoms with Gasteiger partial charge in [0.2, 0.25) is 11.8 Å². The Balaban J connectivity index is 1.84. The number of para-hydroxylation sites is 1. The summed E-state index contributed by atoms with van der Waals surface area (Å²) in [6.45, 7) is 2.02. The van der Waals surface area contributed by atoms with Crippen LogP contribution in [0.1, 0.15) is 16.7 Å². The van der Waals surface area contributed by atoms with Crippen LogP contribution in [-0.2, 0) is 12.8 Å². The maximum absolute atomic E-state index is 6.07. The first-order valence-electron chi connectivity index (χ1n) is 7.70. The molecule has 0 amide bonds. The number of nitrogens with zero attached hydrogens (tertiary/aromatic N) is 2. The molecule has 1 aromatic heterocycles. The standard InChI is InChI=1S/C19H17N3O/c1-12-6-2-5-9-16(12)23-18-15-11-10-13-7-3-4-8-14(13)17(15)21-19(20)22-18/h2-9H,10-11H2,1H3,(H2,20,21,22). The molecular weight excluding hydrogens is 286 g/mol. The van der Waals surface area contributed by atoms with Crippen molar-refractivity contribution in [3.05, 3.63) is 65.2 Å². The molecule has 4 rings (SSSR count). The van der Waals surface area contributed by atoms with E-state index in [1.807, 2.05) is 37.3 Å². The number of hydrogen-bond donors (Lipinski definition) is 1. The number of aryl methyl sites for hydroxylation is 2. The molecule has 3 aromatic rings. The molecule has 0 spiro atoms. The van der Waals surface area contributed by atoms with Crippen molar-refractivity contribution in [2.75, 3.05) is 5.73 Å². The molecular formula is C19H17N3O. The average Bonchev–Trinajstić information content (AvgIpc) is 2.56. The van der Waals surface area contributed by atoms with Crippen LogP contribution in [0.5, 0.6) is 11.6 Å². The van der Waals surface area contributed by atoms with Gasteiger partial charge in [-0.3, -0.25) is 0 Å². The number of hydrogen-bond acceptors (Lipinski definition) is 4. The molecule has 0 radical (unpaired) electrons. The predicted molar refractivity (Wildman–Crippen MR) is 90.5 cm³/mol. The average molecular weight is 303 g/mol. The number of rotatable bonds is 2. The van der Waals surface area contributed by atoms with Crippen molar-refractivity contribution in [2.24, 2.45) is 0 Å². The number of fused-ring (bicyclic) bond motifs is 3. The highest BCUT2D eigenvalue weighted by molar-refractivity contribution is 5.72. The summed E-state index contributed by atoms with van der Waals surface area (Å²) in [4.78, 5) is 8.81. The summed E-state index contributed by atoms with van der Waals surface area (Å²) in [6, 6.07) is 16.2. The zero-order chi connectivity index (χ0) is 15.8. The van der Waals surface area contributed by atoms with E-state index in [4.69, 9.17) is 10.5 Å². The van der Waals surface area contributed by atoms with Gasteiger partial charge in [0, 0.05) is 11.1 Å². The van der Waals surface area contributed by atoms with Gasteiger partial charge < -0.3 is 10.5 Å². The van der Waals surface area contributed by atoms with E-state index in [-0.39, 0.29) is 5.95 Å². The van der Waals surface area contributed by atoms with E-state index in [2.05, 4.69) is 28.2 Å². The molecule has 4 heteroatoms. The van der Waals surface area contributed by atoms with Gasteiger partial charge in [-0.25, -0.2) is 4.98 Å². The van der Waals surface area contributed by atoms with Crippen LogP contribution >= 0.6 is 0 Å². The number of nitrogens with two attached hydrogens (primary N) is 1. The highest BCUT2D eigenvalue weighted by Gasteiger charge is 2.23. The van der Waals surface area contributed by atoms with Gasteiger partial charge in [0.1, 0.15) is 5.75 Å². The summed E-state index contributed by atoms with van der Waals surface area (Å²) in [5.74, 6) is 1.60. The number of anilines is 1. The molecule has 1 aliphatic carbocycles. The van der Waals surface area contributed by atoms with Gasteiger partial charge in [0.15, 0.2) is 0 Å². The molecule has 2 N–H and O–H groups in total. The van der Waals surface area contributed by atoms with Crippen molar-refractivity contribution in [1.29, 1.82) is 0 Å². The second-order valence-electron chi connectivity index (χ2n) is 5.74. The molecule has 1 heterocycles. The normalized spacial score (nSPS) is 12.4. The Bertz CT molecular complexity index is 890. The third-order valence-corrected chi connectivity index (χ3v) is 4.20. The Kier molecular flexibility index (Phi) is 3.23. The maximum atomic E-state index is 6.07. The zero-order valence-electron chi connectivity index (χ0n) is 12.9. The van der Waals surface area contributed by atoms with Crippen LogP contribution in [0, 0.1) is 6.92 Å². The van der Waals surface area contributed by atoms with Crippen LogP contribution in [0.4, 0.5) is 5.95 Å². The highest BCUT2D eigenvalue weighted by atomic mass is 16.5. The van der Waals surface area contributed by atoms with Crippen LogP contribution in [0.3, 0.4) is 0 Å². The van der Waals surface area contributed by atoms with Crippen molar-refractivity contribution < 1.29 is 4.74 Å². The lowest BCUT2D eigenvalue weighted by molar-refractivity contribution is 0.452. The van der Waals surface area contributed by atoms with Crippen molar-refractivity contribution in [3.63, 3.8) is 0 Å². The van der Waals surface area contributed by atoms with Crippen LogP contribution in [-0.4, -0.2) is 9.97 Å². The monoisotopic (exact) mass is 303 g/mol. The Hall–Kier alpha value is -2.88. The summed E-state index contributed by atoms with van der Waals surface area (Å²) < 4.78 is 6.07. The molecule has 0 unspecified atom stereocenters. The molecule has 0 aliphatic heterocycles. The van der Waals surface area contributed by atoms with Crippen LogP contribution < -0.4 is 10.5 Å². The molecule has 0 saturated carbocycles. The van der Waals surface area contributed by atoms with Gasteiger partial charge in [-0.2, -0.15) is 4.98 Å². The van der Waals surface area contributed by atoms with Crippen LogP contribution in [0.25, 0.3) is 11.3 Å². The first-order chi connectivity index (χ1) is 11.2. The second kappa shape index (κ2) is 5.39. The Labute approximate surface area is 135 Å². The van der Waals surface area contributed by atoms with Gasteiger partial charge >= 0.3 is 0 Å². The topological polar surface area (TPSA) is 61.0 Å². The van der Waals surface area contributed by atoms with Crippen LogP contribution in [0.2, 0.25) is 0 Å². The molecule has 0 bridgehead atoms. The van der Waals surface area contributed by atoms with Crippen molar-refractivity contribution in [1.82, 2.24) is 9.97 Å². The van der Waals surface area contributed by atoms with E-state index in [9.17, 15) is 0 Å². The highest BCUT2D eigenvalue weighted by Crippen LogP contribution is 2.38. The Morgan fingerprint density at radius 2 is 1.74 bits per heavy atom. The molecule has 0 atom stereocenters. The first kappa shape index (κ1) is 13.8. The van der Waals surface area contributed by atoms with E-state index in [0.717, 1.165) is 41.0 Å². The smallest absolute Gasteiger partial charge is 0.227 e. The summed E-state index contributed by atoms with van der Waals surface area (Å²) in [5, 5.41) is 0. The largest absolute Gasteiger partial charge is 0.438 e. The maximum Gasteiger partial charge on any atom is 0.227 e. The lowest BCUT2D eigenvalue weighted by Crippen LogP contribution is -2.11. The van der Waals surface area contributed by atoms with Crippen molar-refractivity contribution >= 4 is 5.95 Å². The fraction of sp³-hybridized carbons (Fsp3) is 0.158. The number of aromatic nitrogens is 2. The predicted octanol–water partition coefficient (Wildman–Crippen LogP) is 3.93. The third-order valence-electron chi connectivity index (χ3n) is 4.20. The summed E-state index contributed by atoms with van der Waals surface area (Å²) in [7, 11) is 0. The van der Waals surface area contributed by atoms with Gasteiger partial charge in [0.25, 0.3) is 0 Å². The Morgan fingerprint density at radius 1 is 0.957 bits per heavy atom. The van der Waals surface area contributed by atoms with E-state index >= 15 is 0 Å². The molecule has 0 fully saturated rings. The quantitative estimate of drug-likeness (QED) is 0.779. The first-order valence-corrected chi connectivity index (χ1v) is 7.70. The fourth-order valence-corrected chi connectivity index (χ4v) is 3.02. The van der Waals surface area contributed by atoms with Gasteiger partial charge in [-0.05, 0) is 37.0 Å². The van der Waals surface area contributed by atoms with E-state index in [1.165, 1.54) is 5.56 Å². The molecule has 114 valence electrons.